The molecule has 0 radical (unpaired) electrons. The monoisotopic (exact) mass is 425 g/mol. The van der Waals surface area contributed by atoms with Crippen LogP contribution in [0.25, 0.3) is 10.8 Å². The van der Waals surface area contributed by atoms with Crippen LogP contribution >= 0.6 is 0 Å². The molecule has 2 N–H and O–H groups in total. The number of nitrogens with zero attached hydrogens (tertiary/aromatic N) is 2. The number of carbonyl (C=O) groups is 3. The SMILES string of the molecule is O=C(CCCCCCC(=O)N1CCN(C(=O)Cc2ccc3ccccc3c2)CC1)NO. The summed E-state index contributed by atoms with van der Waals surface area (Å²) in [6.07, 6.45) is 4.43. The van der Waals surface area contributed by atoms with Crippen LogP contribution in [0.3, 0.4) is 0 Å². The maximum atomic E-state index is 12.7. The van der Waals surface area contributed by atoms with Crippen LogP contribution in [0, 0.1) is 0 Å². The zero-order valence-electron chi connectivity index (χ0n) is 17.9. The minimum Gasteiger partial charge on any atom is -0.339 e. The highest BCUT2D eigenvalue weighted by atomic mass is 16.5. The van der Waals surface area contributed by atoms with Crippen molar-refractivity contribution in [1.29, 1.82) is 0 Å². The van der Waals surface area contributed by atoms with Crippen LogP contribution < -0.4 is 5.48 Å². The normalized spacial score (nSPS) is 14.0. The fraction of sp³-hybridized carbons (Fsp3) is 0.458. The van der Waals surface area contributed by atoms with Crippen molar-refractivity contribution in [1.82, 2.24) is 15.3 Å². The van der Waals surface area contributed by atoms with E-state index in [4.69, 9.17) is 5.21 Å². The molecule has 0 saturated carbocycles. The number of rotatable bonds is 9. The summed E-state index contributed by atoms with van der Waals surface area (Å²) in [5, 5.41) is 10.8. The van der Waals surface area contributed by atoms with Gasteiger partial charge in [-0.3, -0.25) is 19.6 Å². The van der Waals surface area contributed by atoms with Gasteiger partial charge >= 0.3 is 0 Å². The molecule has 1 aliphatic heterocycles. The molecule has 0 atom stereocenters. The molecule has 0 aliphatic carbocycles. The molecule has 2 aromatic rings. The number of amides is 3. The molecule has 7 nitrogen and oxygen atoms in total. The zero-order valence-corrected chi connectivity index (χ0v) is 17.9. The number of unbranched alkanes of at least 4 members (excludes halogenated alkanes) is 3. The van der Waals surface area contributed by atoms with Crippen LogP contribution in [0.1, 0.15) is 44.1 Å². The topological polar surface area (TPSA) is 90.0 Å². The molecule has 2 aromatic carbocycles. The summed E-state index contributed by atoms with van der Waals surface area (Å²) in [5.41, 5.74) is 2.63. The number of hydrogen-bond acceptors (Lipinski definition) is 4. The second kappa shape index (κ2) is 11.5. The number of hydrogen-bond donors (Lipinski definition) is 2. The Hall–Kier alpha value is -2.93. The lowest BCUT2D eigenvalue weighted by atomic mass is 10.0. The molecule has 0 aromatic heterocycles. The predicted molar refractivity (Wildman–Crippen MR) is 118 cm³/mol. The first kappa shape index (κ1) is 22.7. The molecule has 0 unspecified atom stereocenters. The van der Waals surface area contributed by atoms with E-state index >= 15 is 0 Å². The van der Waals surface area contributed by atoms with Crippen LogP contribution in [0.5, 0.6) is 0 Å². The molecule has 0 bridgehead atoms. The summed E-state index contributed by atoms with van der Waals surface area (Å²) in [7, 11) is 0. The van der Waals surface area contributed by atoms with Gasteiger partial charge in [-0.2, -0.15) is 0 Å². The van der Waals surface area contributed by atoms with Gasteiger partial charge in [0.05, 0.1) is 6.42 Å². The second-order valence-electron chi connectivity index (χ2n) is 8.07. The highest BCUT2D eigenvalue weighted by Crippen LogP contribution is 2.17. The van der Waals surface area contributed by atoms with Crippen molar-refractivity contribution in [3.8, 4) is 0 Å². The van der Waals surface area contributed by atoms with Crippen LogP contribution in [0.4, 0.5) is 0 Å². The lowest BCUT2D eigenvalue weighted by molar-refractivity contribution is -0.139. The predicted octanol–water partition coefficient (Wildman–Crippen LogP) is 2.90. The molecular weight excluding hydrogens is 394 g/mol. The van der Waals surface area contributed by atoms with E-state index in [1.54, 1.807) is 5.48 Å². The molecule has 0 spiro atoms. The third-order valence-corrected chi connectivity index (χ3v) is 5.82. The third-order valence-electron chi connectivity index (χ3n) is 5.82. The van der Waals surface area contributed by atoms with E-state index in [-0.39, 0.29) is 17.7 Å². The maximum Gasteiger partial charge on any atom is 0.243 e. The highest BCUT2D eigenvalue weighted by Gasteiger charge is 2.23. The van der Waals surface area contributed by atoms with Crippen molar-refractivity contribution in [2.45, 2.75) is 44.9 Å². The Morgan fingerprint density at radius 1 is 0.774 bits per heavy atom. The molecule has 1 aliphatic rings. The lowest BCUT2D eigenvalue weighted by Crippen LogP contribution is -2.50. The summed E-state index contributed by atoms with van der Waals surface area (Å²) in [6.45, 7) is 2.32. The van der Waals surface area contributed by atoms with E-state index in [1.807, 2.05) is 28.0 Å². The van der Waals surface area contributed by atoms with Crippen molar-refractivity contribution in [3.05, 3.63) is 48.0 Å². The largest absolute Gasteiger partial charge is 0.339 e. The Morgan fingerprint density at radius 3 is 2.06 bits per heavy atom. The first-order chi connectivity index (χ1) is 15.1. The summed E-state index contributed by atoms with van der Waals surface area (Å²) in [5.74, 6) is -0.131. The van der Waals surface area contributed by atoms with E-state index < -0.39 is 0 Å². The first-order valence-electron chi connectivity index (χ1n) is 11.0. The molecule has 1 fully saturated rings. The molecule has 1 saturated heterocycles. The summed E-state index contributed by atoms with van der Waals surface area (Å²) >= 11 is 0. The molecule has 31 heavy (non-hydrogen) atoms. The van der Waals surface area contributed by atoms with Gasteiger partial charge in [-0.1, -0.05) is 55.3 Å². The van der Waals surface area contributed by atoms with Crippen molar-refractivity contribution in [3.63, 3.8) is 0 Å². The van der Waals surface area contributed by atoms with Crippen molar-refractivity contribution in [2.24, 2.45) is 0 Å². The number of fused-ring (bicyclic) bond motifs is 1. The average Bonchev–Trinajstić information content (AvgIpc) is 2.80. The highest BCUT2D eigenvalue weighted by molar-refractivity contribution is 5.85. The minimum atomic E-state index is -0.371. The molecule has 1 heterocycles. The number of piperazine rings is 1. The standard InChI is InChI=1S/C24H31N3O4/c28-22(25-31)9-3-1-2-4-10-23(29)26-13-15-27(16-14-26)24(30)18-19-11-12-20-7-5-6-8-21(20)17-19/h5-8,11-12,17,31H,1-4,9-10,13-16,18H2,(H,25,28). The van der Waals surface area contributed by atoms with Gasteiger partial charge in [-0.15, -0.1) is 0 Å². The Bertz CT molecular complexity index is 907. The maximum absolute atomic E-state index is 12.7. The van der Waals surface area contributed by atoms with Crippen molar-refractivity contribution >= 4 is 28.5 Å². The summed E-state index contributed by atoms with van der Waals surface area (Å²) in [4.78, 5) is 39.7. The lowest BCUT2D eigenvalue weighted by Gasteiger charge is -2.35. The molecular formula is C24H31N3O4. The quantitative estimate of drug-likeness (QED) is 0.367. The fourth-order valence-corrected chi connectivity index (χ4v) is 3.97. The summed E-state index contributed by atoms with van der Waals surface area (Å²) in [6, 6.07) is 14.3. The van der Waals surface area contributed by atoms with Crippen molar-refractivity contribution in [2.75, 3.05) is 26.2 Å². The van der Waals surface area contributed by atoms with Gasteiger partial charge in [-0.05, 0) is 29.2 Å². The second-order valence-corrected chi connectivity index (χ2v) is 8.07. The zero-order chi connectivity index (χ0) is 22.1. The fourth-order valence-electron chi connectivity index (χ4n) is 3.97. The minimum absolute atomic E-state index is 0.106. The van der Waals surface area contributed by atoms with E-state index in [0.29, 0.717) is 51.9 Å². The van der Waals surface area contributed by atoms with Crippen LogP contribution in [-0.2, 0) is 20.8 Å². The molecule has 7 heteroatoms. The molecule has 3 amide bonds. The first-order valence-corrected chi connectivity index (χ1v) is 11.0. The van der Waals surface area contributed by atoms with E-state index in [2.05, 4.69) is 24.3 Å². The van der Waals surface area contributed by atoms with Crippen molar-refractivity contribution < 1.29 is 19.6 Å². The summed E-state index contributed by atoms with van der Waals surface area (Å²) < 4.78 is 0. The molecule has 3 rings (SSSR count). The van der Waals surface area contributed by atoms with Gasteiger partial charge < -0.3 is 9.80 Å². The Kier molecular flexibility index (Phi) is 8.41. The van der Waals surface area contributed by atoms with Crippen LogP contribution in [0.15, 0.2) is 42.5 Å². The third kappa shape index (κ3) is 6.79. The Morgan fingerprint density at radius 2 is 1.39 bits per heavy atom. The Balaban J connectivity index is 1.36. The van der Waals surface area contributed by atoms with E-state index in [1.165, 1.54) is 5.39 Å². The van der Waals surface area contributed by atoms with E-state index in [9.17, 15) is 14.4 Å². The van der Waals surface area contributed by atoms with Gasteiger partial charge in [0.1, 0.15) is 0 Å². The number of benzene rings is 2. The number of hydroxylamine groups is 1. The smallest absolute Gasteiger partial charge is 0.243 e. The van der Waals surface area contributed by atoms with Crippen LogP contribution in [0.2, 0.25) is 0 Å². The van der Waals surface area contributed by atoms with Crippen LogP contribution in [-0.4, -0.2) is 58.9 Å². The van der Waals surface area contributed by atoms with E-state index in [0.717, 1.165) is 30.2 Å². The van der Waals surface area contributed by atoms with Gasteiger partial charge in [-0.25, -0.2) is 5.48 Å². The van der Waals surface area contributed by atoms with Gasteiger partial charge in [0.25, 0.3) is 0 Å². The molecule has 166 valence electrons. The number of carbonyl (C=O) groups excluding carboxylic acids is 3. The van der Waals surface area contributed by atoms with Gasteiger partial charge in [0, 0.05) is 39.0 Å². The van der Waals surface area contributed by atoms with Gasteiger partial charge in [0.2, 0.25) is 17.7 Å². The Labute approximate surface area is 183 Å². The van der Waals surface area contributed by atoms with Gasteiger partial charge in [0.15, 0.2) is 0 Å². The average molecular weight is 426 g/mol. The number of nitrogens with one attached hydrogen (secondary N) is 1.